The first-order chi connectivity index (χ1) is 11.4. The fourth-order valence-electron chi connectivity index (χ4n) is 2.86. The third kappa shape index (κ3) is 21.4. The Balaban J connectivity index is 2.94. The van der Waals surface area contributed by atoms with E-state index < -0.39 is 0 Å². The lowest BCUT2D eigenvalue weighted by atomic mass is 10.1. The van der Waals surface area contributed by atoms with E-state index in [1.54, 1.807) is 0 Å². The van der Waals surface area contributed by atoms with Crippen molar-refractivity contribution < 1.29 is 4.74 Å². The molecule has 0 aromatic heterocycles. The van der Waals surface area contributed by atoms with Crippen molar-refractivity contribution in [2.24, 2.45) is 0 Å². The fourth-order valence-corrected chi connectivity index (χ4v) is 2.86. The summed E-state index contributed by atoms with van der Waals surface area (Å²) in [6.45, 7) is 9.46. The number of hydrogen-bond donors (Lipinski definition) is 0. The number of ether oxygens (including phenoxy) is 1. The predicted octanol–water partition coefficient (Wildman–Crippen LogP) is 7.62. The zero-order valence-electron chi connectivity index (χ0n) is 15.7. The van der Waals surface area contributed by atoms with Gasteiger partial charge in [0.2, 0.25) is 0 Å². The minimum Gasteiger partial charge on any atom is -0.381 e. The van der Waals surface area contributed by atoms with Crippen LogP contribution in [-0.2, 0) is 4.74 Å². The van der Waals surface area contributed by atoms with Gasteiger partial charge >= 0.3 is 0 Å². The Hall–Kier alpha value is -0.560. The second-order valence-electron chi connectivity index (χ2n) is 6.72. The lowest BCUT2D eigenvalue weighted by molar-refractivity contribution is 0.125. The average Bonchev–Trinajstić information content (AvgIpc) is 2.57. The summed E-state index contributed by atoms with van der Waals surface area (Å²) >= 11 is 0. The quantitative estimate of drug-likeness (QED) is 0.165. The van der Waals surface area contributed by atoms with Gasteiger partial charge in [0.05, 0.1) is 0 Å². The summed E-state index contributed by atoms with van der Waals surface area (Å²) in [5, 5.41) is 0. The van der Waals surface area contributed by atoms with Gasteiger partial charge in [0.15, 0.2) is 0 Å². The Morgan fingerprint density at radius 2 is 0.739 bits per heavy atom. The van der Waals surface area contributed by atoms with Crippen LogP contribution in [0.4, 0.5) is 0 Å². The summed E-state index contributed by atoms with van der Waals surface area (Å²) in [5.74, 6) is 0. The van der Waals surface area contributed by atoms with Crippen LogP contribution in [0.5, 0.6) is 0 Å². The van der Waals surface area contributed by atoms with E-state index in [1.807, 2.05) is 12.2 Å². The third-order valence-corrected chi connectivity index (χ3v) is 4.39. The van der Waals surface area contributed by atoms with E-state index in [9.17, 15) is 0 Å². The summed E-state index contributed by atoms with van der Waals surface area (Å²) < 4.78 is 5.73. The average molecular weight is 323 g/mol. The topological polar surface area (TPSA) is 9.23 Å². The first-order valence-corrected chi connectivity index (χ1v) is 10.2. The van der Waals surface area contributed by atoms with Crippen molar-refractivity contribution >= 4 is 0 Å². The van der Waals surface area contributed by atoms with Crippen molar-refractivity contribution in [3.05, 3.63) is 25.3 Å². The zero-order chi connectivity index (χ0) is 16.8. The van der Waals surface area contributed by atoms with Crippen LogP contribution in [0.3, 0.4) is 0 Å². The van der Waals surface area contributed by atoms with Crippen molar-refractivity contribution in [2.45, 2.75) is 103 Å². The maximum atomic E-state index is 5.73. The second-order valence-corrected chi connectivity index (χ2v) is 6.72. The second kappa shape index (κ2) is 21.4. The van der Waals surface area contributed by atoms with Crippen molar-refractivity contribution in [2.75, 3.05) is 13.2 Å². The van der Waals surface area contributed by atoms with Crippen molar-refractivity contribution in [1.82, 2.24) is 0 Å². The summed E-state index contributed by atoms with van der Waals surface area (Å²) in [6, 6.07) is 0. The predicted molar refractivity (Wildman–Crippen MR) is 105 cm³/mol. The van der Waals surface area contributed by atoms with Crippen LogP contribution < -0.4 is 0 Å². The van der Waals surface area contributed by atoms with Crippen LogP contribution >= 0.6 is 0 Å². The van der Waals surface area contributed by atoms with Crippen LogP contribution in [0, 0.1) is 0 Å². The van der Waals surface area contributed by atoms with Gasteiger partial charge in [-0.15, -0.1) is 13.2 Å². The van der Waals surface area contributed by atoms with Crippen LogP contribution in [0.2, 0.25) is 0 Å². The van der Waals surface area contributed by atoms with Gasteiger partial charge in [-0.25, -0.2) is 0 Å². The molecule has 0 aliphatic heterocycles. The Morgan fingerprint density at radius 3 is 1.09 bits per heavy atom. The van der Waals surface area contributed by atoms with Gasteiger partial charge in [0, 0.05) is 13.2 Å². The Kier molecular flexibility index (Phi) is 20.9. The highest BCUT2D eigenvalue weighted by Crippen LogP contribution is 2.10. The molecule has 0 aromatic rings. The summed E-state index contributed by atoms with van der Waals surface area (Å²) in [6.07, 6.45) is 25.3. The standard InChI is InChI=1S/C22H42O/c1-3-5-7-9-11-13-15-17-19-21-23-22-20-18-16-14-12-10-8-6-4-2/h3-4H,1-2,5-22H2. The number of rotatable bonds is 20. The van der Waals surface area contributed by atoms with Gasteiger partial charge < -0.3 is 4.74 Å². The van der Waals surface area contributed by atoms with Crippen molar-refractivity contribution in [1.29, 1.82) is 0 Å². The molecule has 0 fully saturated rings. The Labute approximate surface area is 146 Å². The number of hydrogen-bond acceptors (Lipinski definition) is 1. The van der Waals surface area contributed by atoms with Crippen molar-refractivity contribution in [3.63, 3.8) is 0 Å². The molecule has 0 unspecified atom stereocenters. The molecule has 0 spiro atoms. The van der Waals surface area contributed by atoms with Crippen LogP contribution in [0.1, 0.15) is 103 Å². The normalized spacial score (nSPS) is 10.8. The highest BCUT2D eigenvalue weighted by atomic mass is 16.5. The van der Waals surface area contributed by atoms with E-state index in [0.717, 1.165) is 13.2 Å². The molecule has 1 nitrogen and oxygen atoms in total. The molecule has 0 heterocycles. The third-order valence-electron chi connectivity index (χ3n) is 4.39. The lowest BCUT2D eigenvalue weighted by Crippen LogP contribution is -1.97. The molecule has 0 aromatic carbocycles. The minimum absolute atomic E-state index is 0.970. The highest BCUT2D eigenvalue weighted by Gasteiger charge is 1.94. The molecule has 0 aliphatic carbocycles. The van der Waals surface area contributed by atoms with E-state index in [2.05, 4.69) is 13.2 Å². The molecule has 0 atom stereocenters. The van der Waals surface area contributed by atoms with Gasteiger partial charge in [-0.3, -0.25) is 0 Å². The van der Waals surface area contributed by atoms with Gasteiger partial charge in [0.1, 0.15) is 0 Å². The first-order valence-electron chi connectivity index (χ1n) is 10.2. The van der Waals surface area contributed by atoms with Crippen LogP contribution in [0.25, 0.3) is 0 Å². The number of allylic oxidation sites excluding steroid dienone is 2. The Morgan fingerprint density at radius 1 is 0.435 bits per heavy atom. The highest BCUT2D eigenvalue weighted by molar-refractivity contribution is 4.65. The molecule has 136 valence electrons. The smallest absolute Gasteiger partial charge is 0.0466 e. The van der Waals surface area contributed by atoms with Crippen molar-refractivity contribution in [3.8, 4) is 0 Å². The monoisotopic (exact) mass is 322 g/mol. The maximum absolute atomic E-state index is 5.73. The molecule has 0 saturated heterocycles. The molecule has 23 heavy (non-hydrogen) atoms. The van der Waals surface area contributed by atoms with E-state index >= 15 is 0 Å². The largest absolute Gasteiger partial charge is 0.381 e. The van der Waals surface area contributed by atoms with E-state index in [-0.39, 0.29) is 0 Å². The fraction of sp³-hybridized carbons (Fsp3) is 0.818. The first kappa shape index (κ1) is 22.4. The lowest BCUT2D eigenvalue weighted by Gasteiger charge is -2.05. The van der Waals surface area contributed by atoms with Gasteiger partial charge in [-0.2, -0.15) is 0 Å². The molecule has 0 rings (SSSR count). The summed E-state index contributed by atoms with van der Waals surface area (Å²) in [7, 11) is 0. The molecule has 1 heteroatoms. The van der Waals surface area contributed by atoms with Gasteiger partial charge in [0.25, 0.3) is 0 Å². The number of unbranched alkanes of at least 4 members (excludes halogenated alkanes) is 14. The van der Waals surface area contributed by atoms with E-state index in [1.165, 1.54) is 103 Å². The van der Waals surface area contributed by atoms with E-state index in [4.69, 9.17) is 4.74 Å². The molecular formula is C22H42O. The zero-order valence-corrected chi connectivity index (χ0v) is 15.7. The SMILES string of the molecule is C=CCCCCCCCCCOCCCCCCCCCC=C. The molecular weight excluding hydrogens is 280 g/mol. The molecule has 0 radical (unpaired) electrons. The van der Waals surface area contributed by atoms with Gasteiger partial charge in [-0.1, -0.05) is 76.4 Å². The van der Waals surface area contributed by atoms with Gasteiger partial charge in [-0.05, 0) is 38.5 Å². The van der Waals surface area contributed by atoms with Crippen LogP contribution in [0.15, 0.2) is 25.3 Å². The molecule has 0 N–H and O–H groups in total. The summed E-state index contributed by atoms with van der Waals surface area (Å²) in [4.78, 5) is 0. The Bertz CT molecular complexity index is 210. The molecule has 0 saturated carbocycles. The molecule has 0 amide bonds. The maximum Gasteiger partial charge on any atom is 0.0466 e. The molecule has 0 aliphatic rings. The van der Waals surface area contributed by atoms with E-state index in [0.29, 0.717) is 0 Å². The summed E-state index contributed by atoms with van der Waals surface area (Å²) in [5.41, 5.74) is 0. The molecule has 0 bridgehead atoms. The minimum atomic E-state index is 0.970. The van der Waals surface area contributed by atoms with Crippen LogP contribution in [-0.4, -0.2) is 13.2 Å².